The van der Waals surface area contributed by atoms with Gasteiger partial charge in [0.1, 0.15) is 5.75 Å². The highest BCUT2D eigenvalue weighted by Crippen LogP contribution is 2.35. The van der Waals surface area contributed by atoms with Gasteiger partial charge in [0, 0.05) is 16.6 Å². The number of carbonyl (C=O) groups excluding carboxylic acids is 2. The maximum absolute atomic E-state index is 12.6. The summed E-state index contributed by atoms with van der Waals surface area (Å²) in [5, 5.41) is 2.67. The minimum atomic E-state index is -3.14. The molecule has 0 radical (unpaired) electrons. The van der Waals surface area contributed by atoms with Crippen LogP contribution >= 0.6 is 27.5 Å². The number of hydrogen-bond acceptors (Lipinski definition) is 6. The summed E-state index contributed by atoms with van der Waals surface area (Å²) in [5.74, 6) is -1.75. The Morgan fingerprint density at radius 1 is 1.14 bits per heavy atom. The predicted octanol–water partition coefficient (Wildman–Crippen LogP) is 4.52. The first-order chi connectivity index (χ1) is 13.7. The van der Waals surface area contributed by atoms with Gasteiger partial charge >= 0.3 is 12.6 Å². The van der Waals surface area contributed by atoms with Crippen LogP contribution in [0, 0.1) is 0 Å². The highest BCUT2D eigenvalue weighted by atomic mass is 79.9. The third-order valence-corrected chi connectivity index (χ3v) is 4.24. The largest absolute Gasteiger partial charge is 0.493 e. The van der Waals surface area contributed by atoms with Crippen LogP contribution in [0.2, 0.25) is 5.02 Å². The zero-order valence-corrected chi connectivity index (χ0v) is 17.5. The summed E-state index contributed by atoms with van der Waals surface area (Å²) in [4.78, 5) is 24.3. The highest BCUT2D eigenvalue weighted by molar-refractivity contribution is 9.10. The quantitative estimate of drug-likeness (QED) is 0.544. The Balaban J connectivity index is 2.23. The van der Waals surface area contributed by atoms with E-state index in [1.54, 1.807) is 18.2 Å². The molecule has 156 valence electrons. The number of anilines is 1. The average Bonchev–Trinajstić information content (AvgIpc) is 2.66. The number of ether oxygens (including phenoxy) is 4. The van der Waals surface area contributed by atoms with Gasteiger partial charge in [0.25, 0.3) is 5.91 Å². The Morgan fingerprint density at radius 2 is 1.86 bits per heavy atom. The maximum Gasteiger partial charge on any atom is 0.387 e. The molecule has 0 aliphatic carbocycles. The molecule has 0 spiro atoms. The Labute approximate surface area is 178 Å². The molecule has 0 bridgehead atoms. The summed E-state index contributed by atoms with van der Waals surface area (Å²) in [6.45, 7) is -3.60. The molecule has 2 aromatic rings. The summed E-state index contributed by atoms with van der Waals surface area (Å²) in [5.41, 5.74) is -0.246. The number of methoxy groups -OCH3 is 2. The number of esters is 1. The van der Waals surface area contributed by atoms with Gasteiger partial charge in [-0.3, -0.25) is 4.79 Å². The lowest BCUT2D eigenvalue weighted by molar-refractivity contribution is -0.118. The van der Waals surface area contributed by atoms with Crippen molar-refractivity contribution in [3.63, 3.8) is 0 Å². The van der Waals surface area contributed by atoms with E-state index >= 15 is 0 Å². The molecule has 0 aliphatic heterocycles. The topological polar surface area (TPSA) is 83.1 Å². The average molecular weight is 495 g/mol. The number of nitrogens with one attached hydrogen (secondary N) is 1. The molecule has 1 N–H and O–H groups in total. The Bertz CT molecular complexity index is 912. The molecule has 7 nitrogen and oxygen atoms in total. The molecule has 11 heteroatoms. The van der Waals surface area contributed by atoms with E-state index in [0.29, 0.717) is 0 Å². The third-order valence-electron chi connectivity index (χ3n) is 3.45. The Morgan fingerprint density at radius 3 is 2.45 bits per heavy atom. The van der Waals surface area contributed by atoms with Crippen molar-refractivity contribution >= 4 is 45.1 Å². The van der Waals surface area contributed by atoms with E-state index in [-0.39, 0.29) is 33.5 Å². The second-order valence-corrected chi connectivity index (χ2v) is 6.65. The fourth-order valence-electron chi connectivity index (χ4n) is 2.21. The fourth-order valence-corrected chi connectivity index (χ4v) is 2.94. The van der Waals surface area contributed by atoms with E-state index in [1.165, 1.54) is 7.11 Å². The van der Waals surface area contributed by atoms with Gasteiger partial charge in [-0.2, -0.15) is 8.78 Å². The SMILES string of the molecule is COC(=O)c1cc(OC)c(OC(F)F)cc1NC(=O)COc1ccc(Br)cc1Cl. The normalized spacial score (nSPS) is 10.4. The van der Waals surface area contributed by atoms with Crippen molar-refractivity contribution in [1.82, 2.24) is 0 Å². The van der Waals surface area contributed by atoms with Crippen LogP contribution < -0.4 is 19.5 Å². The molecular weight excluding hydrogens is 480 g/mol. The van der Waals surface area contributed by atoms with Crippen LogP contribution in [0.3, 0.4) is 0 Å². The highest BCUT2D eigenvalue weighted by Gasteiger charge is 2.21. The second kappa shape index (κ2) is 10.3. The first kappa shape index (κ1) is 22.7. The molecule has 1 amide bonds. The Hall–Kier alpha value is -2.59. The van der Waals surface area contributed by atoms with Gasteiger partial charge < -0.3 is 24.3 Å². The van der Waals surface area contributed by atoms with Gasteiger partial charge in [0.05, 0.1) is 30.5 Å². The van der Waals surface area contributed by atoms with Crippen molar-refractivity contribution in [2.75, 3.05) is 26.1 Å². The number of benzene rings is 2. The van der Waals surface area contributed by atoms with Gasteiger partial charge in [-0.15, -0.1) is 0 Å². The number of hydrogen-bond donors (Lipinski definition) is 1. The number of amides is 1. The molecular formula is C18H15BrClF2NO6. The van der Waals surface area contributed by atoms with Crippen LogP contribution in [-0.4, -0.2) is 39.3 Å². The molecule has 0 saturated carbocycles. The number of rotatable bonds is 8. The summed E-state index contributed by atoms with van der Waals surface area (Å²) >= 11 is 9.26. The maximum atomic E-state index is 12.6. The van der Waals surface area contributed by atoms with Crippen molar-refractivity contribution in [1.29, 1.82) is 0 Å². The van der Waals surface area contributed by atoms with Gasteiger partial charge in [0.2, 0.25) is 0 Å². The molecule has 0 aromatic heterocycles. The van der Waals surface area contributed by atoms with Gasteiger partial charge in [0.15, 0.2) is 18.1 Å². The van der Waals surface area contributed by atoms with E-state index in [4.69, 9.17) is 21.1 Å². The summed E-state index contributed by atoms with van der Waals surface area (Å²) in [6, 6.07) is 6.96. The first-order valence-electron chi connectivity index (χ1n) is 7.88. The third kappa shape index (κ3) is 6.20. The summed E-state index contributed by atoms with van der Waals surface area (Å²) < 4.78 is 45.3. The molecule has 0 heterocycles. The molecule has 0 aliphatic rings. The molecule has 0 fully saturated rings. The van der Waals surface area contributed by atoms with Crippen molar-refractivity contribution in [3.05, 3.63) is 45.4 Å². The minimum Gasteiger partial charge on any atom is -0.493 e. The zero-order valence-electron chi connectivity index (χ0n) is 15.1. The summed E-state index contributed by atoms with van der Waals surface area (Å²) in [7, 11) is 2.34. The molecule has 0 unspecified atom stereocenters. The van der Waals surface area contributed by atoms with E-state index in [1.807, 2.05) is 0 Å². The lowest BCUT2D eigenvalue weighted by Gasteiger charge is -2.16. The Kier molecular flexibility index (Phi) is 8.03. The van der Waals surface area contributed by atoms with Crippen LogP contribution in [0.4, 0.5) is 14.5 Å². The molecule has 0 saturated heterocycles. The van der Waals surface area contributed by atoms with Gasteiger partial charge in [-0.25, -0.2) is 4.79 Å². The minimum absolute atomic E-state index is 0.121. The van der Waals surface area contributed by atoms with Crippen molar-refractivity contribution < 1.29 is 37.3 Å². The van der Waals surface area contributed by atoms with Crippen molar-refractivity contribution in [2.45, 2.75) is 6.61 Å². The molecule has 0 atom stereocenters. The van der Waals surface area contributed by atoms with Crippen LogP contribution in [-0.2, 0) is 9.53 Å². The lowest BCUT2D eigenvalue weighted by Crippen LogP contribution is -2.22. The molecule has 2 aromatic carbocycles. The molecule has 29 heavy (non-hydrogen) atoms. The summed E-state index contributed by atoms with van der Waals surface area (Å²) in [6.07, 6.45) is 0. The number of carbonyl (C=O) groups is 2. The monoisotopic (exact) mass is 493 g/mol. The van der Waals surface area contributed by atoms with Gasteiger partial charge in [-0.1, -0.05) is 27.5 Å². The first-order valence-corrected chi connectivity index (χ1v) is 9.05. The van der Waals surface area contributed by atoms with E-state index in [0.717, 1.165) is 23.7 Å². The van der Waals surface area contributed by atoms with Crippen LogP contribution in [0.5, 0.6) is 17.2 Å². The van der Waals surface area contributed by atoms with E-state index in [9.17, 15) is 18.4 Å². The number of alkyl halides is 2. The van der Waals surface area contributed by atoms with Crippen LogP contribution in [0.15, 0.2) is 34.8 Å². The standard InChI is InChI=1S/C18H15BrClF2NO6/c1-26-14-6-10(17(25)27-2)12(7-15(14)29-18(21)22)23-16(24)8-28-13-4-3-9(19)5-11(13)20/h3-7,18H,8H2,1-2H3,(H,23,24). The van der Waals surface area contributed by atoms with Gasteiger partial charge in [-0.05, 0) is 18.2 Å². The smallest absolute Gasteiger partial charge is 0.387 e. The van der Waals surface area contributed by atoms with E-state index < -0.39 is 25.1 Å². The number of halogens is 4. The predicted molar refractivity (Wildman–Crippen MR) is 104 cm³/mol. The van der Waals surface area contributed by atoms with Crippen LogP contribution in [0.1, 0.15) is 10.4 Å². The van der Waals surface area contributed by atoms with Crippen LogP contribution in [0.25, 0.3) is 0 Å². The zero-order chi connectivity index (χ0) is 21.6. The van der Waals surface area contributed by atoms with E-state index in [2.05, 4.69) is 30.7 Å². The molecule has 2 rings (SSSR count). The fraction of sp³-hybridized carbons (Fsp3) is 0.222. The van der Waals surface area contributed by atoms with Crippen molar-refractivity contribution in [2.24, 2.45) is 0 Å². The second-order valence-electron chi connectivity index (χ2n) is 5.33. The lowest BCUT2D eigenvalue weighted by atomic mass is 10.1. The van der Waals surface area contributed by atoms with Crippen molar-refractivity contribution in [3.8, 4) is 17.2 Å².